The molecule has 0 fully saturated rings. The molecule has 7 heteroatoms. The normalized spacial score (nSPS) is 10.0. The van der Waals surface area contributed by atoms with Crippen LogP contribution in [0.5, 0.6) is 5.75 Å². The lowest BCUT2D eigenvalue weighted by Crippen LogP contribution is -2.01. The highest BCUT2D eigenvalue weighted by Gasteiger charge is 2.16. The van der Waals surface area contributed by atoms with E-state index in [0.29, 0.717) is 11.3 Å². The molecule has 0 aliphatic rings. The summed E-state index contributed by atoms with van der Waals surface area (Å²) in [5.41, 5.74) is 8.53. The summed E-state index contributed by atoms with van der Waals surface area (Å²) in [7, 11) is 1.68. The maximum Gasteiger partial charge on any atom is 0.175 e. The predicted molar refractivity (Wildman–Crippen MR) is 124 cm³/mol. The number of aromatic nitrogens is 4. The monoisotopic (exact) mass is 417 g/mol. The van der Waals surface area contributed by atoms with Crippen molar-refractivity contribution in [2.75, 3.05) is 12.8 Å². The van der Waals surface area contributed by atoms with Gasteiger partial charge in [-0.25, -0.2) is 15.0 Å². The summed E-state index contributed by atoms with van der Waals surface area (Å²) in [6, 6.07) is 6.15. The van der Waals surface area contributed by atoms with E-state index in [1.165, 1.54) is 12.7 Å². The first kappa shape index (κ1) is 24.8. The number of methoxy groups -OCH3 is 1. The first-order valence-corrected chi connectivity index (χ1v) is 11.2. The second-order valence-electron chi connectivity index (χ2n) is 6.27. The molecule has 29 heavy (non-hydrogen) atoms. The van der Waals surface area contributed by atoms with Gasteiger partial charge in [0.25, 0.3) is 0 Å². The molecule has 0 saturated carbocycles. The molecular formula is C22H35N5OS. The molecule has 3 rings (SSSR count). The van der Waals surface area contributed by atoms with Crippen molar-refractivity contribution in [3.63, 3.8) is 0 Å². The number of rotatable bonds is 6. The molecule has 0 spiro atoms. The first-order valence-electron chi connectivity index (χ1n) is 10.3. The molecule has 160 valence electrons. The molecular weight excluding hydrogens is 382 g/mol. The van der Waals surface area contributed by atoms with Crippen LogP contribution in [-0.4, -0.2) is 26.6 Å². The van der Waals surface area contributed by atoms with Crippen molar-refractivity contribution in [2.45, 2.75) is 77.4 Å². The number of anilines is 1. The van der Waals surface area contributed by atoms with Crippen LogP contribution >= 0.6 is 11.8 Å². The molecule has 6 nitrogen and oxygen atoms in total. The van der Waals surface area contributed by atoms with E-state index in [1.807, 2.05) is 32.9 Å². The van der Waals surface area contributed by atoms with E-state index in [1.54, 1.807) is 18.9 Å². The Labute approximate surface area is 179 Å². The Morgan fingerprint density at radius 1 is 1.14 bits per heavy atom. The quantitative estimate of drug-likeness (QED) is 0.520. The molecule has 2 heterocycles. The molecule has 2 aromatic heterocycles. The third kappa shape index (κ3) is 6.63. The van der Waals surface area contributed by atoms with E-state index in [9.17, 15) is 0 Å². The number of ether oxygens (including phenoxy) is 1. The summed E-state index contributed by atoms with van der Waals surface area (Å²) >= 11 is 1.59. The van der Waals surface area contributed by atoms with Crippen molar-refractivity contribution < 1.29 is 4.74 Å². The number of unbranched alkanes of at least 4 members (excludes halogenated alkanes) is 1. The highest BCUT2D eigenvalue weighted by molar-refractivity contribution is 7.99. The SMILES string of the molecule is CC.CCC.CCCCn1c(Sc2ccc(C)c(OC)c2)nc2c(N)ncnc21. The van der Waals surface area contributed by atoms with E-state index >= 15 is 0 Å². The minimum atomic E-state index is 0.415. The number of nitrogens with two attached hydrogens (primary N) is 1. The Kier molecular flexibility index (Phi) is 11.1. The molecule has 0 radical (unpaired) electrons. The van der Waals surface area contributed by atoms with Crippen LogP contribution in [0.25, 0.3) is 11.2 Å². The van der Waals surface area contributed by atoms with Crippen molar-refractivity contribution in [1.82, 2.24) is 19.5 Å². The van der Waals surface area contributed by atoms with Gasteiger partial charge in [0.1, 0.15) is 12.1 Å². The van der Waals surface area contributed by atoms with E-state index in [-0.39, 0.29) is 0 Å². The largest absolute Gasteiger partial charge is 0.496 e. The molecule has 0 bridgehead atoms. The number of hydrogen-bond acceptors (Lipinski definition) is 6. The fraction of sp³-hybridized carbons (Fsp3) is 0.500. The summed E-state index contributed by atoms with van der Waals surface area (Å²) in [6.45, 7) is 13.3. The van der Waals surface area contributed by atoms with E-state index in [2.05, 4.69) is 46.4 Å². The van der Waals surface area contributed by atoms with Gasteiger partial charge in [-0.15, -0.1) is 0 Å². The van der Waals surface area contributed by atoms with Crippen LogP contribution in [0.1, 0.15) is 59.4 Å². The van der Waals surface area contributed by atoms with Gasteiger partial charge in [-0.3, -0.25) is 0 Å². The zero-order chi connectivity index (χ0) is 21.8. The van der Waals surface area contributed by atoms with E-state index in [0.717, 1.165) is 46.4 Å². The number of nitrogens with zero attached hydrogens (tertiary/aromatic N) is 4. The molecule has 0 aliphatic heterocycles. The van der Waals surface area contributed by atoms with Crippen molar-refractivity contribution >= 4 is 28.7 Å². The lowest BCUT2D eigenvalue weighted by Gasteiger charge is -2.09. The Balaban J connectivity index is 0.000000771. The molecule has 3 aromatic rings. The smallest absolute Gasteiger partial charge is 0.175 e. The lowest BCUT2D eigenvalue weighted by molar-refractivity contribution is 0.410. The van der Waals surface area contributed by atoms with Crippen molar-refractivity contribution in [3.05, 3.63) is 30.1 Å². The topological polar surface area (TPSA) is 78.9 Å². The summed E-state index contributed by atoms with van der Waals surface area (Å²) in [4.78, 5) is 14.2. The van der Waals surface area contributed by atoms with Gasteiger partial charge >= 0.3 is 0 Å². The highest BCUT2D eigenvalue weighted by atomic mass is 32.2. The van der Waals surface area contributed by atoms with Crippen LogP contribution in [-0.2, 0) is 6.54 Å². The minimum Gasteiger partial charge on any atom is -0.496 e. The third-order valence-corrected chi connectivity index (χ3v) is 4.83. The molecule has 0 aliphatic carbocycles. The van der Waals surface area contributed by atoms with Crippen LogP contribution in [0, 0.1) is 6.92 Å². The minimum absolute atomic E-state index is 0.415. The van der Waals surface area contributed by atoms with Gasteiger partial charge in [0.15, 0.2) is 22.1 Å². The van der Waals surface area contributed by atoms with Gasteiger partial charge in [0, 0.05) is 11.4 Å². The van der Waals surface area contributed by atoms with Crippen molar-refractivity contribution in [2.24, 2.45) is 0 Å². The number of nitrogen functional groups attached to an aromatic ring is 1. The first-order chi connectivity index (χ1) is 14.0. The Hall–Kier alpha value is -2.28. The van der Waals surface area contributed by atoms with Gasteiger partial charge in [-0.2, -0.15) is 0 Å². The summed E-state index contributed by atoms with van der Waals surface area (Å²) in [5, 5.41) is 0.872. The average molecular weight is 418 g/mol. The molecule has 1 aromatic carbocycles. The standard InChI is InChI=1S/C17H21N5OS.C3H8.C2H6/c1-4-5-8-22-16-14(15(18)19-10-20-16)21-17(22)24-12-7-6-11(2)13(9-12)23-3;1-3-2;1-2/h6-7,9-10H,4-5,8H2,1-3H3,(H2,18,19,20);3H2,1-2H3;1-2H3. The molecule has 0 saturated heterocycles. The zero-order valence-electron chi connectivity index (χ0n) is 18.8. The van der Waals surface area contributed by atoms with E-state index < -0.39 is 0 Å². The molecule has 2 N–H and O–H groups in total. The Morgan fingerprint density at radius 3 is 2.45 bits per heavy atom. The second kappa shape index (κ2) is 13.0. The third-order valence-electron chi connectivity index (χ3n) is 3.85. The number of benzene rings is 1. The van der Waals surface area contributed by atoms with Crippen LogP contribution < -0.4 is 10.5 Å². The average Bonchev–Trinajstić information content (AvgIpc) is 3.08. The van der Waals surface area contributed by atoms with Crippen LogP contribution in [0.4, 0.5) is 5.82 Å². The van der Waals surface area contributed by atoms with Crippen LogP contribution in [0.3, 0.4) is 0 Å². The second-order valence-corrected chi connectivity index (χ2v) is 7.31. The molecule has 0 unspecified atom stereocenters. The summed E-state index contributed by atoms with van der Waals surface area (Å²) in [5.74, 6) is 1.29. The maximum absolute atomic E-state index is 5.97. The fourth-order valence-electron chi connectivity index (χ4n) is 2.50. The molecule has 0 atom stereocenters. The number of imidazole rings is 1. The van der Waals surface area contributed by atoms with Gasteiger partial charge in [-0.05, 0) is 31.0 Å². The number of fused-ring (bicyclic) bond motifs is 1. The van der Waals surface area contributed by atoms with Gasteiger partial charge < -0.3 is 15.0 Å². The van der Waals surface area contributed by atoms with Gasteiger partial charge in [0.05, 0.1) is 7.11 Å². The predicted octanol–water partition coefficient (Wildman–Crippen LogP) is 6.12. The number of hydrogen-bond donors (Lipinski definition) is 1. The van der Waals surface area contributed by atoms with E-state index in [4.69, 9.17) is 10.5 Å². The Morgan fingerprint density at radius 2 is 1.83 bits per heavy atom. The summed E-state index contributed by atoms with van der Waals surface area (Å²) < 4.78 is 7.53. The summed E-state index contributed by atoms with van der Waals surface area (Å²) in [6.07, 6.45) is 4.90. The zero-order valence-corrected chi connectivity index (χ0v) is 19.6. The van der Waals surface area contributed by atoms with Crippen molar-refractivity contribution in [3.8, 4) is 5.75 Å². The lowest BCUT2D eigenvalue weighted by atomic mass is 10.2. The number of aryl methyl sites for hydroxylation is 2. The fourth-order valence-corrected chi connectivity index (χ4v) is 3.44. The molecule has 0 amide bonds. The van der Waals surface area contributed by atoms with Crippen LogP contribution in [0.2, 0.25) is 0 Å². The van der Waals surface area contributed by atoms with Gasteiger partial charge in [-0.1, -0.05) is 65.3 Å². The Bertz CT molecular complexity index is 879. The van der Waals surface area contributed by atoms with Crippen LogP contribution in [0.15, 0.2) is 34.6 Å². The highest BCUT2D eigenvalue weighted by Crippen LogP contribution is 2.33. The maximum atomic E-state index is 5.97. The van der Waals surface area contributed by atoms with Gasteiger partial charge in [0.2, 0.25) is 0 Å². The van der Waals surface area contributed by atoms with Crippen molar-refractivity contribution in [1.29, 1.82) is 0 Å².